The third-order valence-corrected chi connectivity index (χ3v) is 1.55. The van der Waals surface area contributed by atoms with Gasteiger partial charge in [0.25, 0.3) is 0 Å². The van der Waals surface area contributed by atoms with E-state index in [9.17, 15) is 4.79 Å². The van der Waals surface area contributed by atoms with Crippen molar-refractivity contribution >= 4 is 22.7 Å². The Hall–Kier alpha value is -1.29. The van der Waals surface area contributed by atoms with Gasteiger partial charge in [0.05, 0.1) is 6.20 Å². The van der Waals surface area contributed by atoms with E-state index in [0.717, 1.165) is 0 Å². The van der Waals surface area contributed by atoms with Gasteiger partial charge in [-0.1, -0.05) is 11.6 Å². The van der Waals surface area contributed by atoms with Crippen LogP contribution in [0.25, 0.3) is 11.1 Å². The molecule has 0 radical (unpaired) electrons. The van der Waals surface area contributed by atoms with E-state index >= 15 is 0 Å². The second-order valence-electron chi connectivity index (χ2n) is 2.01. The Morgan fingerprint density at radius 3 is 3.09 bits per heavy atom. The van der Waals surface area contributed by atoms with Gasteiger partial charge < -0.3 is 4.42 Å². The van der Waals surface area contributed by atoms with E-state index in [2.05, 4.69) is 9.97 Å². The van der Waals surface area contributed by atoms with Gasteiger partial charge in [-0.15, -0.1) is 0 Å². The zero-order valence-corrected chi connectivity index (χ0v) is 6.05. The summed E-state index contributed by atoms with van der Waals surface area (Å²) in [6, 6.07) is 0. The summed E-state index contributed by atoms with van der Waals surface area (Å²) in [5, 5.41) is 0.334. The van der Waals surface area contributed by atoms with E-state index in [1.165, 1.54) is 12.4 Å². The number of hydrogen-bond acceptors (Lipinski definition) is 3. The molecular weight excluding hydrogens is 168 g/mol. The molecule has 0 aliphatic heterocycles. The molecule has 0 atom stereocenters. The number of aromatic amines is 1. The smallest absolute Gasteiger partial charge is 0.406 e. The normalized spacial score (nSPS) is 10.6. The summed E-state index contributed by atoms with van der Waals surface area (Å²) < 4.78 is 4.72. The van der Waals surface area contributed by atoms with Crippen LogP contribution in [0.3, 0.4) is 0 Å². The Morgan fingerprint density at radius 1 is 1.55 bits per heavy atom. The van der Waals surface area contributed by atoms with Crippen molar-refractivity contribution in [1.29, 1.82) is 0 Å². The summed E-state index contributed by atoms with van der Waals surface area (Å²) in [7, 11) is 0. The Bertz CT molecular complexity index is 445. The van der Waals surface area contributed by atoms with Crippen molar-refractivity contribution in [1.82, 2.24) is 9.97 Å². The van der Waals surface area contributed by atoms with Gasteiger partial charge in [-0.25, -0.2) is 4.79 Å². The maximum atomic E-state index is 10.6. The lowest BCUT2D eigenvalue weighted by atomic mass is 10.4. The first kappa shape index (κ1) is 6.42. The average molecular weight is 171 g/mol. The fourth-order valence-corrected chi connectivity index (χ4v) is 1.04. The SMILES string of the molecule is O=c1[nH]c2cncc(Cl)c2o1. The van der Waals surface area contributed by atoms with Gasteiger partial charge in [-0.3, -0.25) is 9.97 Å². The standard InChI is InChI=1S/C6H3ClN2O2/c7-3-1-8-2-4-5(3)11-6(10)9-4/h1-2H,(H,9,10). The number of fused-ring (bicyclic) bond motifs is 1. The predicted octanol–water partition coefficient (Wildman–Crippen LogP) is 1.17. The number of pyridine rings is 1. The lowest BCUT2D eigenvalue weighted by Crippen LogP contribution is -1.92. The number of aromatic nitrogens is 2. The molecular formula is C6H3ClN2O2. The molecule has 0 saturated carbocycles. The number of H-pyrrole nitrogens is 1. The first-order valence-electron chi connectivity index (χ1n) is 2.90. The second-order valence-corrected chi connectivity index (χ2v) is 2.42. The zero-order valence-electron chi connectivity index (χ0n) is 5.30. The molecule has 4 nitrogen and oxygen atoms in total. The summed E-state index contributed by atoms with van der Waals surface area (Å²) in [6.45, 7) is 0. The van der Waals surface area contributed by atoms with Crippen LogP contribution >= 0.6 is 11.6 Å². The number of rotatable bonds is 0. The summed E-state index contributed by atoms with van der Waals surface area (Å²) >= 11 is 5.66. The van der Waals surface area contributed by atoms with Crippen LogP contribution < -0.4 is 5.76 Å². The molecule has 0 aliphatic carbocycles. The Morgan fingerprint density at radius 2 is 2.36 bits per heavy atom. The quantitative estimate of drug-likeness (QED) is 0.646. The van der Waals surface area contributed by atoms with Crippen LogP contribution in [0.5, 0.6) is 0 Å². The van der Waals surface area contributed by atoms with Crippen LogP contribution in [0.1, 0.15) is 0 Å². The second kappa shape index (κ2) is 2.10. The number of nitrogens with zero attached hydrogens (tertiary/aromatic N) is 1. The van der Waals surface area contributed by atoms with Crippen LogP contribution in [0, 0.1) is 0 Å². The van der Waals surface area contributed by atoms with E-state index in [0.29, 0.717) is 16.1 Å². The first-order valence-corrected chi connectivity index (χ1v) is 3.27. The van der Waals surface area contributed by atoms with Crippen molar-refractivity contribution in [3.63, 3.8) is 0 Å². The summed E-state index contributed by atoms with van der Waals surface area (Å²) in [5.74, 6) is -0.519. The molecule has 5 heteroatoms. The molecule has 0 fully saturated rings. The molecule has 2 rings (SSSR count). The Balaban J connectivity index is 3.01. The van der Waals surface area contributed by atoms with Gasteiger partial charge in [0.1, 0.15) is 10.5 Å². The number of hydrogen-bond donors (Lipinski definition) is 1. The summed E-state index contributed by atoms with van der Waals surface area (Å²) in [6.07, 6.45) is 2.90. The third kappa shape index (κ3) is 0.914. The van der Waals surface area contributed by atoms with Crippen LogP contribution in [0.4, 0.5) is 0 Å². The highest BCUT2D eigenvalue weighted by Crippen LogP contribution is 2.17. The van der Waals surface area contributed by atoms with Crippen LogP contribution in [0.15, 0.2) is 21.6 Å². The van der Waals surface area contributed by atoms with Crippen molar-refractivity contribution in [2.24, 2.45) is 0 Å². The lowest BCUT2D eigenvalue weighted by molar-refractivity contribution is 0.555. The van der Waals surface area contributed by atoms with E-state index in [1.54, 1.807) is 0 Å². The summed E-state index contributed by atoms with van der Waals surface area (Å²) in [5.41, 5.74) is 0.870. The minimum atomic E-state index is -0.519. The number of nitrogens with one attached hydrogen (secondary N) is 1. The lowest BCUT2D eigenvalue weighted by Gasteiger charge is -1.86. The number of halogens is 1. The van der Waals surface area contributed by atoms with Gasteiger partial charge in [-0.05, 0) is 0 Å². The first-order chi connectivity index (χ1) is 5.27. The molecule has 2 aromatic rings. The molecule has 2 aromatic heterocycles. The summed E-state index contributed by atoms with van der Waals surface area (Å²) in [4.78, 5) is 16.8. The maximum absolute atomic E-state index is 10.6. The maximum Gasteiger partial charge on any atom is 0.417 e. The fraction of sp³-hybridized carbons (Fsp3) is 0. The van der Waals surface area contributed by atoms with Crippen LogP contribution in [-0.4, -0.2) is 9.97 Å². The van der Waals surface area contributed by atoms with Crippen LogP contribution in [0.2, 0.25) is 5.02 Å². The van der Waals surface area contributed by atoms with Gasteiger partial charge in [0, 0.05) is 6.20 Å². The zero-order chi connectivity index (χ0) is 7.84. The Labute approximate surface area is 65.8 Å². The molecule has 11 heavy (non-hydrogen) atoms. The highest BCUT2D eigenvalue weighted by atomic mass is 35.5. The molecule has 0 aromatic carbocycles. The largest absolute Gasteiger partial charge is 0.417 e. The molecule has 0 amide bonds. The fourth-order valence-electron chi connectivity index (χ4n) is 0.844. The Kier molecular flexibility index (Phi) is 1.22. The molecule has 0 bridgehead atoms. The van der Waals surface area contributed by atoms with E-state index in [4.69, 9.17) is 16.0 Å². The van der Waals surface area contributed by atoms with Gasteiger partial charge >= 0.3 is 5.76 Å². The highest BCUT2D eigenvalue weighted by molar-refractivity contribution is 6.34. The van der Waals surface area contributed by atoms with Crippen molar-refractivity contribution in [2.45, 2.75) is 0 Å². The van der Waals surface area contributed by atoms with Gasteiger partial charge in [0.2, 0.25) is 0 Å². The van der Waals surface area contributed by atoms with Gasteiger partial charge in [0.15, 0.2) is 5.58 Å². The molecule has 56 valence electrons. The van der Waals surface area contributed by atoms with Gasteiger partial charge in [-0.2, -0.15) is 0 Å². The third-order valence-electron chi connectivity index (χ3n) is 1.28. The number of oxazole rings is 1. The van der Waals surface area contributed by atoms with Crippen molar-refractivity contribution < 1.29 is 4.42 Å². The molecule has 1 N–H and O–H groups in total. The molecule has 0 aliphatic rings. The minimum Gasteiger partial charge on any atom is -0.406 e. The van der Waals surface area contributed by atoms with E-state index in [1.807, 2.05) is 0 Å². The highest BCUT2D eigenvalue weighted by Gasteiger charge is 2.03. The molecule has 2 heterocycles. The predicted molar refractivity (Wildman–Crippen MR) is 39.6 cm³/mol. The van der Waals surface area contributed by atoms with Crippen LogP contribution in [-0.2, 0) is 0 Å². The monoisotopic (exact) mass is 170 g/mol. The molecule has 0 spiro atoms. The van der Waals surface area contributed by atoms with Crippen molar-refractivity contribution in [3.8, 4) is 0 Å². The minimum absolute atomic E-state index is 0.334. The topological polar surface area (TPSA) is 58.9 Å². The van der Waals surface area contributed by atoms with E-state index in [-0.39, 0.29) is 0 Å². The average Bonchev–Trinajstić information content (AvgIpc) is 2.31. The van der Waals surface area contributed by atoms with Crippen molar-refractivity contribution in [3.05, 3.63) is 28.0 Å². The van der Waals surface area contributed by atoms with Crippen molar-refractivity contribution in [2.75, 3.05) is 0 Å². The molecule has 0 saturated heterocycles. The van der Waals surface area contributed by atoms with E-state index < -0.39 is 5.76 Å². The molecule has 0 unspecified atom stereocenters.